The third-order valence-corrected chi connectivity index (χ3v) is 2.45. The van der Waals surface area contributed by atoms with Gasteiger partial charge in [0.05, 0.1) is 13.2 Å². The van der Waals surface area contributed by atoms with Crippen LogP contribution in [0.1, 0.15) is 26.2 Å². The second-order valence-corrected chi connectivity index (χ2v) is 4.45. The van der Waals surface area contributed by atoms with E-state index in [0.717, 1.165) is 0 Å². The first-order valence-electron chi connectivity index (χ1n) is 6.85. The number of carbonyl (C=O) groups excluding carboxylic acids is 2. The summed E-state index contributed by atoms with van der Waals surface area (Å²) in [5, 5.41) is 8.63. The number of aliphatic hydroxyl groups is 1. The molecule has 0 saturated heterocycles. The van der Waals surface area contributed by atoms with Crippen LogP contribution >= 0.6 is 0 Å². The van der Waals surface area contributed by atoms with Crippen molar-refractivity contribution < 1.29 is 28.9 Å². The lowest BCUT2D eigenvalue weighted by Gasteiger charge is -2.08. The Labute approximate surface area is 125 Å². The first-order valence-corrected chi connectivity index (χ1v) is 6.85. The van der Waals surface area contributed by atoms with Crippen molar-refractivity contribution in [2.45, 2.75) is 26.2 Å². The normalized spacial score (nSPS) is 10.0. The Morgan fingerprint density at radius 3 is 2.05 bits per heavy atom. The van der Waals surface area contributed by atoms with Crippen molar-refractivity contribution >= 4 is 11.9 Å². The van der Waals surface area contributed by atoms with Crippen molar-refractivity contribution in [2.75, 3.05) is 33.0 Å². The molecule has 0 aliphatic rings. The lowest BCUT2D eigenvalue weighted by atomic mass is 10.1. The number of ether oxygens (including phenoxy) is 3. The molecule has 0 atom stereocenters. The van der Waals surface area contributed by atoms with E-state index in [1.807, 2.05) is 0 Å². The molecule has 0 aromatic carbocycles. The molecule has 6 nitrogen and oxygen atoms in total. The number of aliphatic hydroxyl groups excluding tert-OH is 1. The lowest BCUT2D eigenvalue weighted by molar-refractivity contribution is -0.142. The second-order valence-electron chi connectivity index (χ2n) is 4.45. The molecular formula is C15H24O6. The molecule has 6 heteroatoms. The zero-order chi connectivity index (χ0) is 16.1. The Balaban J connectivity index is 3.49. The van der Waals surface area contributed by atoms with Gasteiger partial charge in [0, 0.05) is 17.8 Å². The zero-order valence-corrected chi connectivity index (χ0v) is 12.6. The first-order chi connectivity index (χ1) is 9.99. The van der Waals surface area contributed by atoms with E-state index in [9.17, 15) is 9.59 Å². The summed E-state index contributed by atoms with van der Waals surface area (Å²) < 4.78 is 14.9. The van der Waals surface area contributed by atoms with Crippen LogP contribution in [0.5, 0.6) is 0 Å². The smallest absolute Gasteiger partial charge is 0.333 e. The highest BCUT2D eigenvalue weighted by molar-refractivity contribution is 5.87. The fraction of sp³-hybridized carbons (Fsp3) is 0.600. The number of hydrogen-bond donors (Lipinski definition) is 1. The van der Waals surface area contributed by atoms with Gasteiger partial charge < -0.3 is 19.3 Å². The number of carbonyl (C=O) groups is 2. The summed E-state index contributed by atoms with van der Waals surface area (Å²) in [6.07, 6.45) is 1.85. The third kappa shape index (κ3) is 10.8. The van der Waals surface area contributed by atoms with Gasteiger partial charge in [-0.2, -0.15) is 0 Å². The molecule has 0 aromatic rings. The van der Waals surface area contributed by atoms with E-state index >= 15 is 0 Å². The summed E-state index contributed by atoms with van der Waals surface area (Å²) in [6, 6.07) is 0. The van der Waals surface area contributed by atoms with Gasteiger partial charge >= 0.3 is 11.9 Å². The van der Waals surface area contributed by atoms with E-state index in [1.165, 1.54) is 0 Å². The minimum Gasteiger partial charge on any atom is -0.460 e. The highest BCUT2D eigenvalue weighted by Crippen LogP contribution is 2.06. The summed E-state index contributed by atoms with van der Waals surface area (Å²) in [5.41, 5.74) is 0.725. The van der Waals surface area contributed by atoms with Gasteiger partial charge in [-0.3, -0.25) is 0 Å². The zero-order valence-electron chi connectivity index (χ0n) is 12.6. The second kappa shape index (κ2) is 12.1. The first kappa shape index (κ1) is 19.3. The maximum absolute atomic E-state index is 11.5. The molecule has 0 saturated carbocycles. The molecule has 0 aromatic heterocycles. The maximum atomic E-state index is 11.5. The summed E-state index contributed by atoms with van der Waals surface area (Å²) in [5.74, 6) is -0.908. The van der Waals surface area contributed by atoms with Crippen molar-refractivity contribution in [1.82, 2.24) is 0 Å². The Kier molecular flexibility index (Phi) is 11.2. The molecule has 0 bridgehead atoms. The van der Waals surface area contributed by atoms with E-state index in [0.29, 0.717) is 30.4 Å². The van der Waals surface area contributed by atoms with Crippen LogP contribution in [0.15, 0.2) is 24.3 Å². The van der Waals surface area contributed by atoms with Gasteiger partial charge in [-0.15, -0.1) is 0 Å². The van der Waals surface area contributed by atoms with Crippen molar-refractivity contribution in [2.24, 2.45) is 0 Å². The lowest BCUT2D eigenvalue weighted by Crippen LogP contribution is -2.15. The molecule has 0 heterocycles. The Bertz CT molecular complexity index is 361. The van der Waals surface area contributed by atoms with Gasteiger partial charge in [0.25, 0.3) is 0 Å². The standard InChI is InChI=1S/C15H24O6/c1-12(2)14(17)20-10-8-19-9-11-21-15(18)13(3)6-4-5-7-16/h16H,1,3-11H2,2H3. The van der Waals surface area contributed by atoms with E-state index in [1.54, 1.807) is 6.92 Å². The van der Waals surface area contributed by atoms with Gasteiger partial charge in [0.2, 0.25) is 0 Å². The molecule has 0 fully saturated rings. The van der Waals surface area contributed by atoms with Crippen LogP contribution in [0, 0.1) is 0 Å². The van der Waals surface area contributed by atoms with Crippen LogP contribution in [0.2, 0.25) is 0 Å². The minimum atomic E-state index is -0.454. The van der Waals surface area contributed by atoms with E-state index in [4.69, 9.17) is 19.3 Å². The molecule has 1 N–H and O–H groups in total. The Hall–Kier alpha value is -1.66. The van der Waals surface area contributed by atoms with Crippen molar-refractivity contribution in [3.63, 3.8) is 0 Å². The number of unbranched alkanes of at least 4 members (excludes halogenated alkanes) is 1. The number of rotatable bonds is 12. The maximum Gasteiger partial charge on any atom is 0.333 e. The molecule has 0 radical (unpaired) electrons. The average molecular weight is 300 g/mol. The van der Waals surface area contributed by atoms with Crippen LogP contribution in [0.3, 0.4) is 0 Å². The van der Waals surface area contributed by atoms with Gasteiger partial charge in [-0.25, -0.2) is 9.59 Å². The topological polar surface area (TPSA) is 82.1 Å². The third-order valence-electron chi connectivity index (χ3n) is 2.45. The highest BCUT2D eigenvalue weighted by atomic mass is 16.6. The number of hydrogen-bond acceptors (Lipinski definition) is 6. The van der Waals surface area contributed by atoms with Crippen molar-refractivity contribution in [3.8, 4) is 0 Å². The fourth-order valence-electron chi connectivity index (χ4n) is 1.27. The van der Waals surface area contributed by atoms with Gasteiger partial charge in [0.15, 0.2) is 0 Å². The fourth-order valence-corrected chi connectivity index (χ4v) is 1.27. The quantitative estimate of drug-likeness (QED) is 0.333. The van der Waals surface area contributed by atoms with Gasteiger partial charge in [0.1, 0.15) is 13.2 Å². The van der Waals surface area contributed by atoms with E-state index in [-0.39, 0.29) is 33.0 Å². The van der Waals surface area contributed by atoms with Crippen LogP contribution in [0.4, 0.5) is 0 Å². The van der Waals surface area contributed by atoms with Gasteiger partial charge in [-0.1, -0.05) is 13.2 Å². The predicted molar refractivity (Wildman–Crippen MR) is 77.6 cm³/mol. The average Bonchev–Trinajstić information content (AvgIpc) is 2.45. The summed E-state index contributed by atoms with van der Waals surface area (Å²) in [4.78, 5) is 22.5. The molecule has 0 unspecified atom stereocenters. The summed E-state index contributed by atoms with van der Waals surface area (Å²) in [6.45, 7) is 9.45. The molecule has 0 aliphatic heterocycles. The monoisotopic (exact) mass is 300 g/mol. The highest BCUT2D eigenvalue weighted by Gasteiger charge is 2.08. The molecule has 120 valence electrons. The number of esters is 2. The molecule has 0 spiro atoms. The molecule has 0 amide bonds. The Morgan fingerprint density at radius 1 is 0.952 bits per heavy atom. The van der Waals surface area contributed by atoms with Crippen LogP contribution in [-0.2, 0) is 23.8 Å². The molecule has 0 rings (SSSR count). The molecular weight excluding hydrogens is 276 g/mol. The van der Waals surface area contributed by atoms with E-state index in [2.05, 4.69) is 13.2 Å². The predicted octanol–water partition coefficient (Wildman–Crippen LogP) is 1.38. The van der Waals surface area contributed by atoms with Crippen LogP contribution in [0.25, 0.3) is 0 Å². The largest absolute Gasteiger partial charge is 0.460 e. The van der Waals surface area contributed by atoms with Crippen LogP contribution in [-0.4, -0.2) is 50.1 Å². The Morgan fingerprint density at radius 2 is 1.52 bits per heavy atom. The summed E-state index contributed by atoms with van der Waals surface area (Å²) >= 11 is 0. The van der Waals surface area contributed by atoms with Crippen molar-refractivity contribution in [3.05, 3.63) is 24.3 Å². The summed E-state index contributed by atoms with van der Waals surface area (Å²) in [7, 11) is 0. The molecule has 21 heavy (non-hydrogen) atoms. The van der Waals surface area contributed by atoms with Gasteiger partial charge in [-0.05, 0) is 26.2 Å². The van der Waals surface area contributed by atoms with Crippen molar-refractivity contribution in [1.29, 1.82) is 0 Å². The molecule has 0 aliphatic carbocycles. The van der Waals surface area contributed by atoms with Crippen LogP contribution < -0.4 is 0 Å². The van der Waals surface area contributed by atoms with E-state index < -0.39 is 11.9 Å². The SMILES string of the molecule is C=C(C)C(=O)OCCOCCOC(=O)C(=C)CCCCO. The minimum absolute atomic E-state index is 0.103.